The molecule has 1 aliphatic rings. The van der Waals surface area contributed by atoms with Crippen molar-refractivity contribution in [2.75, 3.05) is 45.4 Å². The molecule has 2 N–H and O–H groups in total. The number of likely N-dealkylation sites (tertiary alicyclic amines) is 1. The Kier molecular flexibility index (Phi) is 9.03. The zero-order valence-electron chi connectivity index (χ0n) is 23.5. The third kappa shape index (κ3) is 7.32. The first-order valence-corrected chi connectivity index (χ1v) is 14.9. The second-order valence-electron chi connectivity index (χ2n) is 10.4. The van der Waals surface area contributed by atoms with E-state index in [1.165, 1.54) is 19.2 Å². The van der Waals surface area contributed by atoms with E-state index in [1.54, 1.807) is 0 Å². The van der Waals surface area contributed by atoms with Gasteiger partial charge in [0, 0.05) is 30.5 Å². The Balaban J connectivity index is 1.64. The molecule has 0 aliphatic carbocycles. The van der Waals surface area contributed by atoms with E-state index in [4.69, 9.17) is 4.74 Å². The number of imidazole rings is 1. The van der Waals surface area contributed by atoms with Crippen LogP contribution in [0.3, 0.4) is 0 Å². The molecule has 4 rings (SSSR count). The number of carbonyl (C=O) groups is 1. The number of aromatic nitrogens is 2. The number of rotatable bonds is 7. The quantitative estimate of drug-likeness (QED) is 0.311. The Morgan fingerprint density at radius 1 is 1.24 bits per heavy atom. The summed E-state index contributed by atoms with van der Waals surface area (Å²) in [4.78, 5) is 19.1. The molecule has 14 heteroatoms. The zero-order valence-corrected chi connectivity index (χ0v) is 24.3. The number of sulfone groups is 1. The van der Waals surface area contributed by atoms with Crippen molar-refractivity contribution in [2.24, 2.45) is 5.92 Å². The number of piperidine rings is 1. The molecule has 0 saturated carbocycles. The van der Waals surface area contributed by atoms with Crippen LogP contribution < -0.4 is 15.4 Å². The van der Waals surface area contributed by atoms with E-state index in [0.717, 1.165) is 48.8 Å². The standard InChI is InChI=1S/C28H31F4N5O4S/c1-17-14-36(2)9-7-21(17)35-27(38)19-10-18(11-23-26(19)34-16-37(23)15-28(30,31)32)6-5-8-33-22-13-25(42(4,39)40)20(29)12-24(22)41-3/h10-13,16-17,21,33H,7-9,14-15H2,1-4H3,(H,35,38)/t17-,21-/m0/s1. The third-order valence-corrected chi connectivity index (χ3v) is 8.11. The van der Waals surface area contributed by atoms with Crippen molar-refractivity contribution in [3.63, 3.8) is 0 Å². The summed E-state index contributed by atoms with van der Waals surface area (Å²) < 4.78 is 83.8. The van der Waals surface area contributed by atoms with Crippen LogP contribution in [-0.2, 0) is 16.4 Å². The highest BCUT2D eigenvalue weighted by atomic mass is 32.2. The van der Waals surface area contributed by atoms with Crippen molar-refractivity contribution in [1.82, 2.24) is 19.8 Å². The number of fused-ring (bicyclic) bond motifs is 1. The molecule has 0 radical (unpaired) electrons. The van der Waals surface area contributed by atoms with Gasteiger partial charge in [-0.15, -0.1) is 0 Å². The zero-order chi connectivity index (χ0) is 30.8. The first-order chi connectivity index (χ1) is 19.7. The van der Waals surface area contributed by atoms with Gasteiger partial charge in [-0.3, -0.25) is 4.79 Å². The predicted octanol–water partition coefficient (Wildman–Crippen LogP) is 3.68. The number of hydrogen-bond acceptors (Lipinski definition) is 7. The normalized spacial score (nSPS) is 17.9. The van der Waals surface area contributed by atoms with Crippen LogP contribution in [-0.4, -0.2) is 81.0 Å². The minimum absolute atomic E-state index is 0.0559. The SMILES string of the molecule is COc1cc(F)c(S(C)(=O)=O)cc1NCC#Cc1cc(C(=O)N[C@H]2CCN(C)C[C@@H]2C)c2ncn(CC(F)(F)F)c2c1. The van der Waals surface area contributed by atoms with E-state index in [-0.39, 0.29) is 52.1 Å². The fourth-order valence-electron chi connectivity index (χ4n) is 4.95. The average molecular weight is 610 g/mol. The van der Waals surface area contributed by atoms with Gasteiger partial charge in [0.1, 0.15) is 28.5 Å². The number of amides is 1. The number of nitrogens with one attached hydrogen (secondary N) is 2. The average Bonchev–Trinajstić information content (AvgIpc) is 3.28. The lowest BCUT2D eigenvalue weighted by Crippen LogP contribution is -2.48. The van der Waals surface area contributed by atoms with Crippen molar-refractivity contribution < 1.29 is 35.5 Å². The second kappa shape index (κ2) is 12.2. The van der Waals surface area contributed by atoms with Crippen LogP contribution >= 0.6 is 0 Å². The Hall–Kier alpha value is -3.83. The van der Waals surface area contributed by atoms with E-state index in [2.05, 4.69) is 32.4 Å². The van der Waals surface area contributed by atoms with Gasteiger partial charge in [0.15, 0.2) is 9.84 Å². The molecule has 2 heterocycles. The maximum atomic E-state index is 14.2. The molecule has 1 amide bonds. The summed E-state index contributed by atoms with van der Waals surface area (Å²) >= 11 is 0. The Morgan fingerprint density at radius 3 is 2.62 bits per heavy atom. The summed E-state index contributed by atoms with van der Waals surface area (Å²) in [7, 11) is -0.557. The van der Waals surface area contributed by atoms with Crippen LogP contribution in [0.2, 0.25) is 0 Å². The molecule has 0 unspecified atom stereocenters. The Morgan fingerprint density at radius 2 is 1.98 bits per heavy atom. The van der Waals surface area contributed by atoms with Crippen LogP contribution in [0.1, 0.15) is 29.3 Å². The van der Waals surface area contributed by atoms with Gasteiger partial charge >= 0.3 is 6.18 Å². The van der Waals surface area contributed by atoms with Crippen molar-refractivity contribution in [3.05, 3.63) is 47.5 Å². The van der Waals surface area contributed by atoms with Gasteiger partial charge in [0.25, 0.3) is 5.91 Å². The number of benzene rings is 2. The van der Waals surface area contributed by atoms with E-state index in [0.29, 0.717) is 0 Å². The molecule has 1 fully saturated rings. The monoisotopic (exact) mass is 609 g/mol. The van der Waals surface area contributed by atoms with Crippen LogP contribution in [0.4, 0.5) is 23.2 Å². The number of anilines is 1. The first kappa shape index (κ1) is 31.1. The highest BCUT2D eigenvalue weighted by molar-refractivity contribution is 7.90. The number of hydrogen-bond donors (Lipinski definition) is 2. The number of ether oxygens (including phenoxy) is 1. The van der Waals surface area contributed by atoms with Crippen LogP contribution in [0.5, 0.6) is 5.75 Å². The summed E-state index contributed by atoms with van der Waals surface area (Å²) in [6, 6.07) is 4.84. The lowest BCUT2D eigenvalue weighted by molar-refractivity contribution is -0.139. The topological polar surface area (TPSA) is 106 Å². The van der Waals surface area contributed by atoms with Crippen molar-refractivity contribution in [2.45, 2.75) is 37.0 Å². The van der Waals surface area contributed by atoms with Gasteiger partial charge in [-0.2, -0.15) is 13.2 Å². The Labute approximate surface area is 241 Å². The Bertz CT molecular complexity index is 1660. The molecule has 2 aromatic carbocycles. The molecule has 2 atom stereocenters. The van der Waals surface area contributed by atoms with Crippen molar-refractivity contribution in [1.29, 1.82) is 0 Å². The maximum Gasteiger partial charge on any atom is 0.406 e. The molecule has 1 saturated heterocycles. The largest absolute Gasteiger partial charge is 0.494 e. The molecule has 42 heavy (non-hydrogen) atoms. The van der Waals surface area contributed by atoms with E-state index in [1.807, 2.05) is 14.0 Å². The van der Waals surface area contributed by atoms with Crippen LogP contribution in [0.15, 0.2) is 35.5 Å². The number of alkyl halides is 3. The molecule has 226 valence electrons. The highest BCUT2D eigenvalue weighted by Crippen LogP contribution is 2.30. The summed E-state index contributed by atoms with van der Waals surface area (Å²) in [5, 5.41) is 5.88. The molecule has 1 aliphatic heterocycles. The lowest BCUT2D eigenvalue weighted by atomic mass is 9.93. The van der Waals surface area contributed by atoms with Gasteiger partial charge in [-0.25, -0.2) is 17.8 Å². The molecular formula is C28H31F4N5O4S. The molecule has 0 spiro atoms. The van der Waals surface area contributed by atoms with Gasteiger partial charge < -0.3 is 24.8 Å². The van der Waals surface area contributed by atoms with Crippen molar-refractivity contribution in [3.8, 4) is 17.6 Å². The summed E-state index contributed by atoms with van der Waals surface area (Å²) in [5.41, 5.74) is 0.796. The lowest BCUT2D eigenvalue weighted by Gasteiger charge is -2.35. The van der Waals surface area contributed by atoms with Gasteiger partial charge in [0.2, 0.25) is 0 Å². The summed E-state index contributed by atoms with van der Waals surface area (Å²) in [6.45, 7) is 2.28. The van der Waals surface area contributed by atoms with Crippen LogP contribution in [0.25, 0.3) is 11.0 Å². The van der Waals surface area contributed by atoms with E-state index < -0.39 is 39.2 Å². The van der Waals surface area contributed by atoms with Crippen molar-refractivity contribution >= 4 is 32.5 Å². The number of methoxy groups -OCH3 is 1. The fraction of sp³-hybridized carbons (Fsp3) is 0.429. The smallest absolute Gasteiger partial charge is 0.406 e. The third-order valence-electron chi connectivity index (χ3n) is 7.00. The minimum Gasteiger partial charge on any atom is -0.494 e. The second-order valence-corrected chi connectivity index (χ2v) is 12.4. The first-order valence-electron chi connectivity index (χ1n) is 13.0. The van der Waals surface area contributed by atoms with Gasteiger partial charge in [-0.05, 0) is 44.1 Å². The van der Waals surface area contributed by atoms with E-state index >= 15 is 0 Å². The molecule has 0 bridgehead atoms. The van der Waals surface area contributed by atoms with Crippen LogP contribution in [0, 0.1) is 23.6 Å². The minimum atomic E-state index is -4.51. The fourth-order valence-corrected chi connectivity index (χ4v) is 5.70. The summed E-state index contributed by atoms with van der Waals surface area (Å²) in [6.07, 6.45) is -1.85. The van der Waals surface area contributed by atoms with E-state index in [9.17, 15) is 30.8 Å². The maximum absolute atomic E-state index is 14.2. The summed E-state index contributed by atoms with van der Waals surface area (Å²) in [5.74, 6) is 4.46. The number of halogens is 4. The highest BCUT2D eigenvalue weighted by Gasteiger charge is 2.30. The number of carbonyl (C=O) groups excluding carboxylic acids is 1. The molecule has 1 aromatic heterocycles. The predicted molar refractivity (Wildman–Crippen MR) is 150 cm³/mol. The molecule has 3 aromatic rings. The van der Waals surface area contributed by atoms with Gasteiger partial charge in [0.05, 0.1) is 36.7 Å². The molecule has 9 nitrogen and oxygen atoms in total. The van der Waals surface area contributed by atoms with Gasteiger partial charge in [-0.1, -0.05) is 18.8 Å². The number of nitrogens with zero attached hydrogens (tertiary/aromatic N) is 3. The molecular weight excluding hydrogens is 578 g/mol.